The SMILES string of the molecule is CC(C)CC(CO)NC(=O)C=Cc1c(Cl)cccc1Cl. The van der Waals surface area contributed by atoms with Gasteiger partial charge in [0.2, 0.25) is 5.91 Å². The Morgan fingerprint density at radius 3 is 2.45 bits per heavy atom. The molecule has 5 heteroatoms. The number of hydrogen-bond donors (Lipinski definition) is 2. The molecule has 0 aliphatic carbocycles. The van der Waals surface area contributed by atoms with Gasteiger partial charge in [-0.1, -0.05) is 43.1 Å². The lowest BCUT2D eigenvalue weighted by atomic mass is 10.0. The van der Waals surface area contributed by atoms with Crippen molar-refractivity contribution in [3.8, 4) is 0 Å². The summed E-state index contributed by atoms with van der Waals surface area (Å²) in [5, 5.41) is 12.9. The number of benzene rings is 1. The van der Waals surface area contributed by atoms with E-state index in [-0.39, 0.29) is 18.6 Å². The Morgan fingerprint density at radius 2 is 1.95 bits per heavy atom. The lowest BCUT2D eigenvalue weighted by Crippen LogP contribution is -2.37. The zero-order valence-corrected chi connectivity index (χ0v) is 13.1. The second kappa shape index (κ2) is 8.30. The quantitative estimate of drug-likeness (QED) is 0.789. The average Bonchev–Trinajstić information content (AvgIpc) is 2.36. The second-order valence-corrected chi connectivity index (χ2v) is 5.80. The predicted molar refractivity (Wildman–Crippen MR) is 84.0 cm³/mol. The van der Waals surface area contributed by atoms with Crippen molar-refractivity contribution in [3.63, 3.8) is 0 Å². The number of halogens is 2. The van der Waals surface area contributed by atoms with Crippen molar-refractivity contribution in [3.05, 3.63) is 39.9 Å². The molecule has 1 aromatic carbocycles. The number of aliphatic hydroxyl groups excluding tert-OH is 1. The number of nitrogens with one attached hydrogen (secondary N) is 1. The van der Waals surface area contributed by atoms with Gasteiger partial charge in [-0.15, -0.1) is 0 Å². The minimum Gasteiger partial charge on any atom is -0.394 e. The molecule has 1 unspecified atom stereocenters. The number of carbonyl (C=O) groups excluding carboxylic acids is 1. The summed E-state index contributed by atoms with van der Waals surface area (Å²) in [6, 6.07) is 4.92. The van der Waals surface area contributed by atoms with Crippen LogP contribution in [-0.4, -0.2) is 23.7 Å². The molecule has 0 aliphatic heterocycles. The van der Waals surface area contributed by atoms with Gasteiger partial charge in [0, 0.05) is 21.7 Å². The first-order valence-electron chi connectivity index (χ1n) is 6.47. The standard InChI is InChI=1S/C15H19Cl2NO2/c1-10(2)8-11(9-19)18-15(20)7-6-12-13(16)4-3-5-14(12)17/h3-7,10-11,19H,8-9H2,1-2H3,(H,18,20). The third-order valence-corrected chi connectivity index (χ3v) is 3.38. The molecule has 1 aromatic rings. The number of carbonyl (C=O) groups is 1. The van der Waals surface area contributed by atoms with Crippen LogP contribution < -0.4 is 5.32 Å². The monoisotopic (exact) mass is 315 g/mol. The van der Waals surface area contributed by atoms with E-state index in [1.807, 2.05) is 13.8 Å². The first kappa shape index (κ1) is 17.0. The molecule has 20 heavy (non-hydrogen) atoms. The van der Waals surface area contributed by atoms with Crippen LogP contribution in [0.2, 0.25) is 10.0 Å². The highest BCUT2D eigenvalue weighted by molar-refractivity contribution is 6.37. The van der Waals surface area contributed by atoms with E-state index in [4.69, 9.17) is 23.2 Å². The van der Waals surface area contributed by atoms with Crippen LogP contribution >= 0.6 is 23.2 Å². The Hall–Kier alpha value is -1.03. The van der Waals surface area contributed by atoms with Gasteiger partial charge in [0.05, 0.1) is 12.6 Å². The Balaban J connectivity index is 2.68. The minimum absolute atomic E-state index is 0.0788. The number of aliphatic hydroxyl groups is 1. The third-order valence-electron chi connectivity index (χ3n) is 2.72. The predicted octanol–water partition coefficient (Wildman–Crippen LogP) is 3.53. The molecule has 0 fully saturated rings. The molecule has 1 amide bonds. The third kappa shape index (κ3) is 5.53. The van der Waals surface area contributed by atoms with Gasteiger partial charge >= 0.3 is 0 Å². The summed E-state index contributed by atoms with van der Waals surface area (Å²) in [4.78, 5) is 11.8. The summed E-state index contributed by atoms with van der Waals surface area (Å²) in [5.74, 6) is 0.120. The van der Waals surface area contributed by atoms with Crippen molar-refractivity contribution in [1.29, 1.82) is 0 Å². The van der Waals surface area contributed by atoms with Gasteiger partial charge in [0.25, 0.3) is 0 Å². The van der Waals surface area contributed by atoms with Gasteiger partial charge < -0.3 is 10.4 Å². The second-order valence-electron chi connectivity index (χ2n) is 4.99. The lowest BCUT2D eigenvalue weighted by Gasteiger charge is -2.17. The fourth-order valence-corrected chi connectivity index (χ4v) is 2.35. The van der Waals surface area contributed by atoms with Crippen LogP contribution in [0.25, 0.3) is 6.08 Å². The molecule has 0 saturated heterocycles. The molecule has 1 atom stereocenters. The summed E-state index contributed by atoms with van der Waals surface area (Å²) in [6.45, 7) is 3.99. The number of amides is 1. The van der Waals surface area contributed by atoms with Crippen LogP contribution in [0, 0.1) is 5.92 Å². The highest BCUT2D eigenvalue weighted by Gasteiger charge is 2.11. The zero-order chi connectivity index (χ0) is 15.1. The molecule has 1 rings (SSSR count). The lowest BCUT2D eigenvalue weighted by molar-refractivity contribution is -0.117. The molecule has 0 aromatic heterocycles. The van der Waals surface area contributed by atoms with E-state index in [1.54, 1.807) is 24.3 Å². The van der Waals surface area contributed by atoms with Gasteiger partial charge in [0.1, 0.15) is 0 Å². The van der Waals surface area contributed by atoms with Crippen molar-refractivity contribution < 1.29 is 9.90 Å². The van der Waals surface area contributed by atoms with E-state index in [0.717, 1.165) is 6.42 Å². The van der Waals surface area contributed by atoms with Gasteiger partial charge in [-0.2, -0.15) is 0 Å². The summed E-state index contributed by atoms with van der Waals surface area (Å²) in [5.41, 5.74) is 0.607. The van der Waals surface area contributed by atoms with E-state index >= 15 is 0 Å². The van der Waals surface area contributed by atoms with E-state index < -0.39 is 0 Å². The number of rotatable bonds is 6. The highest BCUT2D eigenvalue weighted by atomic mass is 35.5. The largest absolute Gasteiger partial charge is 0.394 e. The van der Waals surface area contributed by atoms with Gasteiger partial charge in [-0.05, 0) is 30.5 Å². The average molecular weight is 316 g/mol. The summed E-state index contributed by atoms with van der Waals surface area (Å²) >= 11 is 12.0. The molecule has 110 valence electrons. The van der Waals surface area contributed by atoms with Crippen molar-refractivity contribution in [2.75, 3.05) is 6.61 Å². The molecule has 0 heterocycles. The highest BCUT2D eigenvalue weighted by Crippen LogP contribution is 2.25. The van der Waals surface area contributed by atoms with Crippen LogP contribution in [0.4, 0.5) is 0 Å². The van der Waals surface area contributed by atoms with Gasteiger partial charge in [-0.25, -0.2) is 0 Å². The summed E-state index contributed by atoms with van der Waals surface area (Å²) in [7, 11) is 0. The zero-order valence-electron chi connectivity index (χ0n) is 11.6. The minimum atomic E-state index is -0.277. The van der Waals surface area contributed by atoms with Crippen molar-refractivity contribution in [2.45, 2.75) is 26.3 Å². The maximum Gasteiger partial charge on any atom is 0.244 e. The summed E-state index contributed by atoms with van der Waals surface area (Å²) in [6.07, 6.45) is 3.67. The molecule has 0 spiro atoms. The fraction of sp³-hybridized carbons (Fsp3) is 0.400. The molecule has 0 radical (unpaired) electrons. The molecule has 3 nitrogen and oxygen atoms in total. The molecule has 2 N–H and O–H groups in total. The van der Waals surface area contributed by atoms with E-state index in [1.165, 1.54) is 6.08 Å². The normalized spacial score (nSPS) is 12.9. The van der Waals surface area contributed by atoms with Crippen LogP contribution in [0.5, 0.6) is 0 Å². The molecular formula is C15H19Cl2NO2. The van der Waals surface area contributed by atoms with Crippen LogP contribution in [0.1, 0.15) is 25.8 Å². The first-order chi connectivity index (χ1) is 9.43. The summed E-state index contributed by atoms with van der Waals surface area (Å²) < 4.78 is 0. The van der Waals surface area contributed by atoms with Gasteiger partial charge in [0.15, 0.2) is 0 Å². The van der Waals surface area contributed by atoms with Crippen LogP contribution in [0.3, 0.4) is 0 Å². The van der Waals surface area contributed by atoms with Crippen molar-refractivity contribution >= 4 is 35.2 Å². The topological polar surface area (TPSA) is 49.3 Å². The van der Waals surface area contributed by atoms with Crippen molar-refractivity contribution in [1.82, 2.24) is 5.32 Å². The van der Waals surface area contributed by atoms with E-state index in [9.17, 15) is 9.90 Å². The van der Waals surface area contributed by atoms with Crippen molar-refractivity contribution in [2.24, 2.45) is 5.92 Å². The first-order valence-corrected chi connectivity index (χ1v) is 7.23. The Morgan fingerprint density at radius 1 is 1.35 bits per heavy atom. The smallest absolute Gasteiger partial charge is 0.244 e. The maximum atomic E-state index is 11.8. The Kier molecular flexibility index (Phi) is 7.06. The van der Waals surface area contributed by atoms with Crippen LogP contribution in [-0.2, 0) is 4.79 Å². The van der Waals surface area contributed by atoms with E-state index in [0.29, 0.717) is 21.5 Å². The Bertz CT molecular complexity index is 467. The van der Waals surface area contributed by atoms with E-state index in [2.05, 4.69) is 5.32 Å². The molecule has 0 saturated carbocycles. The van der Waals surface area contributed by atoms with Crippen LogP contribution in [0.15, 0.2) is 24.3 Å². The number of hydrogen-bond acceptors (Lipinski definition) is 2. The molecule has 0 aliphatic rings. The fourth-order valence-electron chi connectivity index (χ4n) is 1.83. The van der Waals surface area contributed by atoms with Gasteiger partial charge in [-0.3, -0.25) is 4.79 Å². The maximum absolute atomic E-state index is 11.8. The Labute approximate surface area is 129 Å². The molecule has 0 bridgehead atoms. The molecular weight excluding hydrogens is 297 g/mol.